The summed E-state index contributed by atoms with van der Waals surface area (Å²) >= 11 is 2.61. The van der Waals surface area contributed by atoms with Crippen LogP contribution in [-0.4, -0.2) is 102 Å². The maximum atomic E-state index is 13.1. The van der Waals surface area contributed by atoms with Gasteiger partial charge in [0.05, 0.1) is 21.5 Å². The zero-order chi connectivity index (χ0) is 32.8. The third-order valence-corrected chi connectivity index (χ3v) is 11.0. The zero-order valence-electron chi connectivity index (χ0n) is 24.6. The molecule has 0 aromatic heterocycles. The van der Waals surface area contributed by atoms with Crippen LogP contribution in [0.1, 0.15) is 39.7 Å². The van der Waals surface area contributed by atoms with Crippen molar-refractivity contribution in [1.82, 2.24) is 15.1 Å². The molecule has 0 aliphatic carbocycles. The number of hydrogen-bond acceptors (Lipinski definition) is 14. The highest BCUT2D eigenvalue weighted by molar-refractivity contribution is 8.02. The number of nitrogens with zero attached hydrogens (tertiary/aromatic N) is 3. The number of esters is 3. The maximum Gasteiger partial charge on any atom is 0.408 e. The first kappa shape index (κ1) is 32.3. The van der Waals surface area contributed by atoms with Crippen LogP contribution >= 0.6 is 23.5 Å². The summed E-state index contributed by atoms with van der Waals surface area (Å²) in [6.07, 6.45) is -0.636. The molecule has 0 saturated carbocycles. The highest BCUT2D eigenvalue weighted by Gasteiger charge is 2.65. The number of nitrogens with one attached hydrogen (secondary N) is 1. The van der Waals surface area contributed by atoms with Gasteiger partial charge >= 0.3 is 24.0 Å². The normalized spacial score (nSPS) is 29.0. The lowest BCUT2D eigenvalue weighted by Crippen LogP contribution is -2.70. The highest BCUT2D eigenvalue weighted by atomic mass is 32.2. The minimum absolute atomic E-state index is 0.107. The van der Waals surface area contributed by atoms with E-state index in [9.17, 15) is 38.9 Å². The van der Waals surface area contributed by atoms with Crippen molar-refractivity contribution in [3.63, 3.8) is 0 Å². The lowest BCUT2D eigenvalue weighted by Gasteiger charge is -2.43. The van der Waals surface area contributed by atoms with Crippen molar-refractivity contribution < 1.29 is 52.6 Å². The Hall–Kier alpha value is -4.06. The first-order valence-electron chi connectivity index (χ1n) is 13.8. The Morgan fingerprint density at radius 3 is 2.22 bits per heavy atom. The molecule has 1 aromatic carbocycles. The molecule has 3 amide bonds. The average Bonchev–Trinajstić information content (AvgIpc) is 3.37. The molecule has 0 radical (unpaired) electrons. The van der Waals surface area contributed by atoms with E-state index < -0.39 is 74.6 Å². The molecule has 0 unspecified atom stereocenters. The Morgan fingerprint density at radius 1 is 0.978 bits per heavy atom. The number of rotatable bonds is 10. The van der Waals surface area contributed by atoms with Crippen molar-refractivity contribution in [3.05, 3.63) is 39.9 Å². The van der Waals surface area contributed by atoms with Gasteiger partial charge in [-0.15, -0.1) is 23.5 Å². The third kappa shape index (κ3) is 6.12. The van der Waals surface area contributed by atoms with Gasteiger partial charge in [0, 0.05) is 23.8 Å². The quantitative estimate of drug-likeness (QED) is 0.0935. The van der Waals surface area contributed by atoms with Crippen molar-refractivity contribution in [1.29, 1.82) is 0 Å². The summed E-state index contributed by atoms with van der Waals surface area (Å²) in [5.41, 5.74) is 0.401. The predicted octanol–water partition coefficient (Wildman–Crippen LogP) is 1.29. The molecule has 16 nitrogen and oxygen atoms in total. The number of hydrogen-bond donors (Lipinski definition) is 1. The van der Waals surface area contributed by atoms with Gasteiger partial charge in [-0.3, -0.25) is 24.5 Å². The van der Waals surface area contributed by atoms with Crippen LogP contribution in [0.15, 0.2) is 24.3 Å². The molecule has 18 heteroatoms. The molecule has 4 aliphatic rings. The van der Waals surface area contributed by atoms with Gasteiger partial charge < -0.3 is 34.1 Å². The van der Waals surface area contributed by atoms with Gasteiger partial charge in [0.1, 0.15) is 36.7 Å². The predicted molar refractivity (Wildman–Crippen MR) is 155 cm³/mol. The fraction of sp³-hybridized carbons (Fsp3) is 0.556. The number of nitro benzene ring substituents is 1. The van der Waals surface area contributed by atoms with Gasteiger partial charge in [0.25, 0.3) is 5.69 Å². The van der Waals surface area contributed by atoms with Crippen LogP contribution in [-0.2, 0) is 49.5 Å². The Balaban J connectivity index is 1.13. The number of nitro groups is 1. The lowest BCUT2D eigenvalue weighted by molar-refractivity contribution is -0.384. The van der Waals surface area contributed by atoms with E-state index >= 15 is 0 Å². The molecule has 4 fully saturated rings. The van der Waals surface area contributed by atoms with Crippen molar-refractivity contribution in [2.45, 2.75) is 79.1 Å². The molecule has 6 atom stereocenters. The van der Waals surface area contributed by atoms with Crippen LogP contribution in [0, 0.1) is 10.1 Å². The van der Waals surface area contributed by atoms with Crippen LogP contribution in [0.4, 0.5) is 10.5 Å². The Kier molecular flexibility index (Phi) is 8.65. The number of carbonyl (C=O) groups excluding carboxylic acids is 6. The first-order chi connectivity index (χ1) is 21.1. The summed E-state index contributed by atoms with van der Waals surface area (Å²) in [4.78, 5) is 88.1. The molecular weight excluding hydrogens is 636 g/mol. The number of non-ortho nitro benzene ring substituents is 1. The van der Waals surface area contributed by atoms with Gasteiger partial charge in [-0.25, -0.2) is 14.4 Å². The summed E-state index contributed by atoms with van der Waals surface area (Å²) in [6.45, 7) is 5.32. The Bertz CT molecular complexity index is 1460. The molecule has 1 aromatic rings. The number of thioether (sulfide) groups is 2. The molecule has 1 N–H and O–H groups in total. The fourth-order valence-electron chi connectivity index (χ4n) is 5.66. The molecule has 242 valence electrons. The first-order valence-corrected chi connectivity index (χ1v) is 15.5. The van der Waals surface area contributed by atoms with Crippen molar-refractivity contribution >= 4 is 65.0 Å². The second-order valence-electron chi connectivity index (χ2n) is 11.5. The van der Waals surface area contributed by atoms with Gasteiger partial charge in [0.15, 0.2) is 0 Å². The molecule has 4 heterocycles. The Morgan fingerprint density at radius 2 is 1.62 bits per heavy atom. The second kappa shape index (κ2) is 12.0. The largest absolute Gasteiger partial charge is 0.464 e. The van der Waals surface area contributed by atoms with E-state index in [0.717, 1.165) is 0 Å². The summed E-state index contributed by atoms with van der Waals surface area (Å²) in [5.74, 6) is -2.96. The van der Waals surface area contributed by atoms with Gasteiger partial charge in [-0.05, 0) is 38.5 Å². The van der Waals surface area contributed by atoms with Crippen molar-refractivity contribution in [3.8, 4) is 0 Å². The van der Waals surface area contributed by atoms with Gasteiger partial charge in [-0.1, -0.05) is 0 Å². The standard InChI is InChI=1S/C27H30N4O12S2/c1-13(32)41-11-27(4)20(29-16(33)9-17(29)44-27)24(36)43-12-42-23(35)19-26(2,3)45-22-18(21(34)30(19)22)28-25(37)40-10-14-5-7-15(8-6-14)31(38)39/h5-8,17-20,22H,9-12H2,1-4H3,(H,28,37)/t17-,18+,19-,20-,22+,27-/m0/s1. The van der Waals surface area contributed by atoms with Gasteiger partial charge in [-0.2, -0.15) is 0 Å². The van der Waals surface area contributed by atoms with Crippen LogP contribution in [0.2, 0.25) is 0 Å². The third-order valence-electron chi connectivity index (χ3n) is 7.85. The molecular formula is C27H30N4O12S2. The molecule has 45 heavy (non-hydrogen) atoms. The maximum absolute atomic E-state index is 13.1. The highest BCUT2D eigenvalue weighted by Crippen LogP contribution is 2.52. The molecule has 0 bridgehead atoms. The van der Waals surface area contributed by atoms with Crippen molar-refractivity contribution in [2.75, 3.05) is 13.4 Å². The number of ether oxygens (including phenoxy) is 4. The number of β-lactam (4-membered cyclic amide) rings is 2. The average molecular weight is 667 g/mol. The van der Waals surface area contributed by atoms with Gasteiger partial charge in [0.2, 0.25) is 18.6 Å². The van der Waals surface area contributed by atoms with E-state index in [1.165, 1.54) is 64.5 Å². The monoisotopic (exact) mass is 666 g/mol. The summed E-state index contributed by atoms with van der Waals surface area (Å²) in [7, 11) is 0. The summed E-state index contributed by atoms with van der Waals surface area (Å²) < 4.78 is 19.0. The van der Waals surface area contributed by atoms with Crippen LogP contribution < -0.4 is 5.32 Å². The number of fused-ring (bicyclic) bond motifs is 2. The number of benzene rings is 1. The molecule has 0 spiro atoms. The van der Waals surface area contributed by atoms with E-state index in [4.69, 9.17) is 18.9 Å². The Labute approximate surface area is 264 Å². The zero-order valence-corrected chi connectivity index (χ0v) is 26.2. The van der Waals surface area contributed by atoms with Crippen LogP contribution in [0.25, 0.3) is 0 Å². The van der Waals surface area contributed by atoms with Crippen LogP contribution in [0.5, 0.6) is 0 Å². The lowest BCUT2D eigenvalue weighted by atomic mass is 9.96. The topological polar surface area (TPSA) is 201 Å². The molecule has 4 aliphatic heterocycles. The van der Waals surface area contributed by atoms with E-state index in [-0.39, 0.29) is 36.6 Å². The minimum atomic E-state index is -1.06. The number of carbonyl (C=O) groups is 6. The smallest absolute Gasteiger partial charge is 0.408 e. The van der Waals surface area contributed by atoms with E-state index in [1.54, 1.807) is 20.8 Å². The number of amides is 3. The van der Waals surface area contributed by atoms with E-state index in [1.807, 2.05) is 0 Å². The fourth-order valence-corrected chi connectivity index (χ4v) is 8.95. The second-order valence-corrected chi connectivity index (χ2v) is 15.0. The van der Waals surface area contributed by atoms with Crippen molar-refractivity contribution in [2.24, 2.45) is 0 Å². The summed E-state index contributed by atoms with van der Waals surface area (Å²) in [5, 5.41) is 12.4. The van der Waals surface area contributed by atoms with E-state index in [2.05, 4.69) is 5.32 Å². The van der Waals surface area contributed by atoms with E-state index in [0.29, 0.717) is 5.56 Å². The number of alkyl carbamates (subject to hydrolysis) is 1. The SMILES string of the molecule is CC(=O)OC[C@]1(C)S[C@H]2CC(=O)N2[C@H]1C(=O)OCOC(=O)[C@@H]1N2C(=O)[C@@H](NC(=O)OCc3ccc([N+](=O)[O-])cc3)[C@H]2SC1(C)C. The molecule has 5 rings (SSSR count). The molecule has 4 saturated heterocycles. The summed E-state index contributed by atoms with van der Waals surface area (Å²) in [6, 6.07) is 2.37. The van der Waals surface area contributed by atoms with Crippen LogP contribution in [0.3, 0.4) is 0 Å². The minimum Gasteiger partial charge on any atom is -0.464 e.